The molecule has 0 radical (unpaired) electrons. The third kappa shape index (κ3) is 10.9. The number of esters is 1. The van der Waals surface area contributed by atoms with Gasteiger partial charge in [0.15, 0.2) is 0 Å². The van der Waals surface area contributed by atoms with Crippen molar-refractivity contribution >= 4 is 35.5 Å². The number of ether oxygens (including phenoxy) is 1. The van der Waals surface area contributed by atoms with E-state index in [0.717, 1.165) is 35.9 Å². The van der Waals surface area contributed by atoms with E-state index in [1.807, 2.05) is 12.1 Å². The van der Waals surface area contributed by atoms with Gasteiger partial charge in [-0.3, -0.25) is 34.6 Å². The van der Waals surface area contributed by atoms with Gasteiger partial charge >= 0.3 is 12.1 Å². The van der Waals surface area contributed by atoms with E-state index in [-0.39, 0.29) is 24.2 Å². The van der Waals surface area contributed by atoms with Crippen molar-refractivity contribution in [3.8, 4) is 11.1 Å². The first-order valence-corrected chi connectivity index (χ1v) is 17.8. The summed E-state index contributed by atoms with van der Waals surface area (Å²) in [7, 11) is 0. The van der Waals surface area contributed by atoms with Crippen molar-refractivity contribution in [3.05, 3.63) is 95.8 Å². The largest absolute Gasteiger partial charge is 0.491 e. The molecule has 1 aromatic heterocycles. The molecular formula is C39H43F5N6O8. The Morgan fingerprint density at radius 2 is 1.45 bits per heavy atom. The lowest BCUT2D eigenvalue weighted by molar-refractivity contribution is -0.214. The number of imide groups is 1. The minimum absolute atomic E-state index is 0.0780. The average Bonchev–Trinajstić information content (AvgIpc) is 3.67. The Balaban J connectivity index is 1.53. The van der Waals surface area contributed by atoms with Crippen LogP contribution in [0.25, 0.3) is 11.1 Å². The molecule has 3 atom stereocenters. The maximum absolute atomic E-state index is 15.0. The quantitative estimate of drug-likeness (QED) is 0.0474. The highest BCUT2D eigenvalue weighted by molar-refractivity contribution is 6.14. The Bertz CT molecular complexity index is 2060. The molecule has 0 saturated heterocycles. The number of hydrogen-bond donors (Lipinski definition) is 5. The molecule has 4 rings (SSSR count). The van der Waals surface area contributed by atoms with Gasteiger partial charge in [0.05, 0.1) is 0 Å². The van der Waals surface area contributed by atoms with Crippen LogP contribution in [0.4, 0.5) is 22.0 Å². The van der Waals surface area contributed by atoms with E-state index < -0.39 is 102 Å². The molecule has 1 aliphatic rings. The Morgan fingerprint density at radius 3 is 2.05 bits per heavy atom. The number of alkyl halides is 3. The topological polar surface area (TPSA) is 202 Å². The van der Waals surface area contributed by atoms with Crippen molar-refractivity contribution < 1.29 is 60.6 Å². The normalized spacial score (nSPS) is 15.7. The summed E-state index contributed by atoms with van der Waals surface area (Å²) < 4.78 is 75.1. The van der Waals surface area contributed by atoms with Crippen LogP contribution in [-0.4, -0.2) is 93.8 Å². The van der Waals surface area contributed by atoms with Gasteiger partial charge in [-0.1, -0.05) is 51.1 Å². The molecule has 58 heavy (non-hydrogen) atoms. The maximum atomic E-state index is 15.0. The van der Waals surface area contributed by atoms with Crippen LogP contribution >= 0.6 is 0 Å². The number of nitrogens with zero attached hydrogens (tertiary/aromatic N) is 2. The van der Waals surface area contributed by atoms with Crippen LogP contribution in [0, 0.1) is 17.0 Å². The fourth-order valence-corrected chi connectivity index (χ4v) is 6.55. The van der Waals surface area contributed by atoms with Gasteiger partial charge in [-0.25, -0.2) is 13.6 Å². The Labute approximate surface area is 329 Å². The number of nitrogens with two attached hydrogens (primary N) is 1. The van der Waals surface area contributed by atoms with Gasteiger partial charge in [-0.15, -0.1) is 0 Å². The standard InChI is InChI=1S/C39H43F5N6O8/c1-36(2,3)32(28-18-24(26-19-25(40)10-11-27(26)41)21-49(28)20-23-8-6-5-7-9-23)37(4,57)33(54)47-15-14-38(45,58-35(56)39(42,43)44)34(55)48-17-16-46-29(51)22-50-30(52)12-13-31(50)53/h5-13,18-19,21,32,57H,14-17,20,22,45H2,1-4H3,(H,46,51)(H,47,54)(H,48,55)/t32-,37-,38-/m0/s1. The number of aromatic nitrogens is 1. The number of aliphatic hydroxyl groups is 1. The van der Waals surface area contributed by atoms with Crippen LogP contribution in [0.1, 0.15) is 51.3 Å². The summed E-state index contributed by atoms with van der Waals surface area (Å²) in [5.74, 6) is -10.1. The number of amides is 5. The summed E-state index contributed by atoms with van der Waals surface area (Å²) in [6, 6.07) is 13.5. The summed E-state index contributed by atoms with van der Waals surface area (Å²) in [6.45, 7) is 4.35. The highest BCUT2D eigenvalue weighted by Crippen LogP contribution is 2.45. The van der Waals surface area contributed by atoms with E-state index in [2.05, 4.69) is 20.7 Å². The maximum Gasteiger partial charge on any atom is 0.491 e. The zero-order valence-corrected chi connectivity index (χ0v) is 31.9. The third-order valence-corrected chi connectivity index (χ3v) is 9.16. The van der Waals surface area contributed by atoms with Crippen LogP contribution in [0.5, 0.6) is 0 Å². The molecule has 6 N–H and O–H groups in total. The molecule has 0 aliphatic carbocycles. The molecule has 14 nitrogen and oxygen atoms in total. The lowest BCUT2D eigenvalue weighted by atomic mass is 9.69. The molecule has 2 aromatic carbocycles. The zero-order valence-electron chi connectivity index (χ0n) is 31.9. The second kappa shape index (κ2) is 17.7. The van der Waals surface area contributed by atoms with E-state index >= 15 is 4.39 Å². The molecule has 2 heterocycles. The second-order valence-electron chi connectivity index (χ2n) is 14.8. The number of carbonyl (C=O) groups is 6. The number of hydrogen-bond acceptors (Lipinski definition) is 9. The predicted molar refractivity (Wildman–Crippen MR) is 197 cm³/mol. The minimum Gasteiger partial charge on any atom is -0.428 e. The molecule has 0 fully saturated rings. The number of rotatable bonds is 16. The molecule has 0 saturated carbocycles. The molecule has 3 aromatic rings. The monoisotopic (exact) mass is 818 g/mol. The first-order chi connectivity index (χ1) is 26.9. The Hall–Kier alpha value is -5.95. The van der Waals surface area contributed by atoms with Crippen molar-refractivity contribution in [1.82, 2.24) is 25.4 Å². The summed E-state index contributed by atoms with van der Waals surface area (Å²) in [5.41, 5.74) is 0.904. The summed E-state index contributed by atoms with van der Waals surface area (Å²) >= 11 is 0. The highest BCUT2D eigenvalue weighted by atomic mass is 19.4. The summed E-state index contributed by atoms with van der Waals surface area (Å²) in [6.07, 6.45) is -3.03. The third-order valence-electron chi connectivity index (χ3n) is 9.16. The van der Waals surface area contributed by atoms with Gasteiger partial charge < -0.3 is 30.4 Å². The van der Waals surface area contributed by atoms with Gasteiger partial charge in [-0.2, -0.15) is 13.2 Å². The smallest absolute Gasteiger partial charge is 0.428 e. The first-order valence-electron chi connectivity index (χ1n) is 17.8. The Kier molecular flexibility index (Phi) is 13.6. The van der Waals surface area contributed by atoms with E-state index in [4.69, 9.17) is 5.73 Å². The fourth-order valence-electron chi connectivity index (χ4n) is 6.55. The van der Waals surface area contributed by atoms with Gasteiger partial charge in [0.25, 0.3) is 23.6 Å². The molecule has 19 heteroatoms. The average molecular weight is 819 g/mol. The molecule has 312 valence electrons. The zero-order chi connectivity index (χ0) is 43.2. The van der Waals surface area contributed by atoms with Crippen LogP contribution in [0.3, 0.4) is 0 Å². The van der Waals surface area contributed by atoms with Crippen molar-refractivity contribution in [2.24, 2.45) is 11.1 Å². The Morgan fingerprint density at radius 1 is 0.845 bits per heavy atom. The number of nitrogens with one attached hydrogen (secondary N) is 3. The van der Waals surface area contributed by atoms with Crippen LogP contribution in [0.2, 0.25) is 0 Å². The first kappa shape index (κ1) is 44.8. The van der Waals surface area contributed by atoms with E-state index in [1.165, 1.54) is 13.0 Å². The van der Waals surface area contributed by atoms with E-state index in [1.54, 1.807) is 49.7 Å². The molecule has 0 spiro atoms. The number of halogens is 5. The van der Waals surface area contributed by atoms with Crippen LogP contribution in [-0.2, 0) is 40.0 Å². The van der Waals surface area contributed by atoms with Crippen molar-refractivity contribution in [2.75, 3.05) is 26.2 Å². The molecule has 1 aliphatic heterocycles. The lowest BCUT2D eigenvalue weighted by Crippen LogP contribution is -2.60. The lowest BCUT2D eigenvalue weighted by Gasteiger charge is -2.41. The molecule has 5 amide bonds. The van der Waals surface area contributed by atoms with E-state index in [0.29, 0.717) is 10.6 Å². The number of carbonyl (C=O) groups excluding carboxylic acids is 6. The molecular weight excluding hydrogens is 775 g/mol. The highest BCUT2D eigenvalue weighted by Gasteiger charge is 2.50. The SMILES string of the molecule is CC(C)(C)[C@H](c1cc(-c2cc(F)ccc2F)cn1Cc1ccccc1)[C@](C)(O)C(=O)NCC[C@](N)(OC(=O)C(F)(F)F)C(=O)NCCNC(=O)CN1C(=O)C=CC1=O. The summed E-state index contributed by atoms with van der Waals surface area (Å²) in [5, 5.41) is 18.8. The molecule has 0 bridgehead atoms. The van der Waals surface area contributed by atoms with Crippen LogP contribution in [0.15, 0.2) is 72.9 Å². The van der Waals surface area contributed by atoms with Gasteiger partial charge in [0.2, 0.25) is 11.6 Å². The molecule has 0 unspecified atom stereocenters. The van der Waals surface area contributed by atoms with Crippen molar-refractivity contribution in [2.45, 2.75) is 64.1 Å². The van der Waals surface area contributed by atoms with Crippen LogP contribution < -0.4 is 21.7 Å². The van der Waals surface area contributed by atoms with Gasteiger partial charge in [0, 0.05) is 73.7 Å². The van der Waals surface area contributed by atoms with Crippen molar-refractivity contribution in [3.63, 3.8) is 0 Å². The van der Waals surface area contributed by atoms with Crippen molar-refractivity contribution in [1.29, 1.82) is 0 Å². The second-order valence-corrected chi connectivity index (χ2v) is 14.8. The minimum atomic E-state index is -5.58. The predicted octanol–water partition coefficient (Wildman–Crippen LogP) is 2.79. The summed E-state index contributed by atoms with van der Waals surface area (Å²) in [4.78, 5) is 74.9. The fraction of sp³-hybridized carbons (Fsp3) is 0.385. The number of benzene rings is 2. The van der Waals surface area contributed by atoms with Gasteiger partial charge in [-0.05, 0) is 42.2 Å². The van der Waals surface area contributed by atoms with E-state index in [9.17, 15) is 51.4 Å². The van der Waals surface area contributed by atoms with Gasteiger partial charge in [0.1, 0.15) is 23.8 Å².